The predicted octanol–water partition coefficient (Wildman–Crippen LogP) is 6.61. The van der Waals surface area contributed by atoms with E-state index >= 15 is 0 Å². The molecular formula is C26H42N2O4S. The highest BCUT2D eigenvalue weighted by Crippen LogP contribution is 2.31. The maximum atomic E-state index is 12.5. The second-order valence-corrected chi connectivity index (χ2v) is 10.6. The lowest BCUT2D eigenvalue weighted by molar-refractivity contribution is -0.142. The van der Waals surface area contributed by atoms with E-state index in [0.29, 0.717) is 36.7 Å². The first-order valence-corrected chi connectivity index (χ1v) is 14.0. The summed E-state index contributed by atoms with van der Waals surface area (Å²) >= 11 is 1.37. The third kappa shape index (κ3) is 9.34. The van der Waals surface area contributed by atoms with E-state index in [2.05, 4.69) is 16.9 Å². The molecule has 0 bridgehead atoms. The largest absolute Gasteiger partial charge is 0.477 e. The van der Waals surface area contributed by atoms with E-state index in [0.717, 1.165) is 43.9 Å². The maximum Gasteiger partial charge on any atom is 0.319 e. The zero-order valence-corrected chi connectivity index (χ0v) is 21.4. The third-order valence-corrected chi connectivity index (χ3v) is 7.88. The first-order valence-electron chi connectivity index (χ1n) is 13.2. The van der Waals surface area contributed by atoms with Gasteiger partial charge in [0.1, 0.15) is 5.25 Å². The molecule has 6 nitrogen and oxygen atoms in total. The van der Waals surface area contributed by atoms with Crippen molar-refractivity contribution in [2.75, 3.05) is 19.8 Å². The van der Waals surface area contributed by atoms with Crippen molar-refractivity contribution in [1.82, 2.24) is 9.97 Å². The molecule has 2 aliphatic carbocycles. The van der Waals surface area contributed by atoms with E-state index in [4.69, 9.17) is 14.2 Å². The Morgan fingerprint density at radius 3 is 2.00 bits per heavy atom. The van der Waals surface area contributed by atoms with Gasteiger partial charge in [0.2, 0.25) is 11.8 Å². The molecule has 186 valence electrons. The van der Waals surface area contributed by atoms with Crippen molar-refractivity contribution in [1.29, 1.82) is 0 Å². The van der Waals surface area contributed by atoms with Crippen LogP contribution in [0, 0.1) is 11.8 Å². The smallest absolute Gasteiger partial charge is 0.319 e. The number of thioether (sulfide) groups is 1. The van der Waals surface area contributed by atoms with E-state index in [1.807, 2.05) is 6.92 Å². The minimum Gasteiger partial charge on any atom is -0.477 e. The zero-order chi connectivity index (χ0) is 23.3. The lowest BCUT2D eigenvalue weighted by Crippen LogP contribution is -2.21. The number of esters is 1. The first kappa shape index (κ1) is 26.1. The maximum absolute atomic E-state index is 12.5. The van der Waals surface area contributed by atoms with Crippen LogP contribution in [0.2, 0.25) is 0 Å². The average molecular weight is 479 g/mol. The van der Waals surface area contributed by atoms with Crippen molar-refractivity contribution in [2.24, 2.45) is 11.8 Å². The fraction of sp³-hybridized carbons (Fsp3) is 0.808. The quantitative estimate of drug-likeness (QED) is 0.160. The monoisotopic (exact) mass is 478 g/mol. The van der Waals surface area contributed by atoms with Crippen LogP contribution in [0.4, 0.5) is 0 Å². The number of hydrogen-bond donors (Lipinski definition) is 0. The van der Waals surface area contributed by atoms with Gasteiger partial charge in [-0.3, -0.25) is 4.79 Å². The molecule has 0 amide bonds. The second-order valence-electron chi connectivity index (χ2n) is 9.40. The topological polar surface area (TPSA) is 70.5 Å². The SMILES string of the molecule is CCCCC(Sc1nc(OCCC2CCCC2)cc(OCCC2CCCC2)n1)C(=O)OCC. The Morgan fingerprint density at radius 1 is 0.970 bits per heavy atom. The van der Waals surface area contributed by atoms with Gasteiger partial charge in [-0.05, 0) is 38.0 Å². The van der Waals surface area contributed by atoms with Gasteiger partial charge in [-0.25, -0.2) is 0 Å². The van der Waals surface area contributed by atoms with E-state index in [9.17, 15) is 4.79 Å². The molecule has 1 atom stereocenters. The minimum absolute atomic E-state index is 0.198. The third-order valence-electron chi connectivity index (χ3n) is 6.78. The molecule has 0 saturated heterocycles. The van der Waals surface area contributed by atoms with Crippen LogP contribution >= 0.6 is 11.8 Å². The predicted molar refractivity (Wildman–Crippen MR) is 132 cm³/mol. The summed E-state index contributed by atoms with van der Waals surface area (Å²) in [6.07, 6.45) is 15.4. The van der Waals surface area contributed by atoms with Crippen molar-refractivity contribution in [3.8, 4) is 11.8 Å². The van der Waals surface area contributed by atoms with Crippen LogP contribution in [-0.4, -0.2) is 41.0 Å². The summed E-state index contributed by atoms with van der Waals surface area (Å²) in [5.41, 5.74) is 0. The van der Waals surface area contributed by atoms with Crippen LogP contribution in [0.5, 0.6) is 11.8 Å². The van der Waals surface area contributed by atoms with Gasteiger partial charge in [0.05, 0.1) is 25.9 Å². The van der Waals surface area contributed by atoms with Gasteiger partial charge in [-0.15, -0.1) is 0 Å². The molecule has 1 heterocycles. The van der Waals surface area contributed by atoms with Gasteiger partial charge >= 0.3 is 5.97 Å². The summed E-state index contributed by atoms with van der Waals surface area (Å²) in [7, 11) is 0. The lowest BCUT2D eigenvalue weighted by atomic mass is 10.1. The number of nitrogens with zero attached hydrogens (tertiary/aromatic N) is 2. The number of carbonyl (C=O) groups is 1. The van der Waals surface area contributed by atoms with Gasteiger partial charge in [-0.2, -0.15) is 9.97 Å². The van der Waals surface area contributed by atoms with Crippen molar-refractivity contribution >= 4 is 17.7 Å². The highest BCUT2D eigenvalue weighted by atomic mass is 32.2. The van der Waals surface area contributed by atoms with Crippen LogP contribution in [0.15, 0.2) is 11.2 Å². The Morgan fingerprint density at radius 2 is 1.52 bits per heavy atom. The molecule has 1 aromatic heterocycles. The minimum atomic E-state index is -0.315. The lowest BCUT2D eigenvalue weighted by Gasteiger charge is -2.16. The Balaban J connectivity index is 1.64. The standard InChI is InChI=1S/C26H42N2O4S/c1-3-5-14-22(25(29)30-4-2)33-26-27-23(31-17-15-20-10-6-7-11-20)19-24(28-26)32-18-16-21-12-8-9-13-21/h19-22H,3-18H2,1-2H3. The zero-order valence-electron chi connectivity index (χ0n) is 20.6. The second kappa shape index (κ2) is 14.7. The molecule has 0 N–H and O–H groups in total. The van der Waals surface area contributed by atoms with Crippen molar-refractivity contribution < 1.29 is 19.0 Å². The normalized spacial score (nSPS) is 17.9. The van der Waals surface area contributed by atoms with E-state index in [1.54, 1.807) is 6.07 Å². The molecule has 33 heavy (non-hydrogen) atoms. The average Bonchev–Trinajstić information content (AvgIpc) is 3.51. The molecule has 2 aliphatic rings. The van der Waals surface area contributed by atoms with Crippen molar-refractivity contribution in [3.63, 3.8) is 0 Å². The summed E-state index contributed by atoms with van der Waals surface area (Å²) in [5, 5.41) is 0.211. The summed E-state index contributed by atoms with van der Waals surface area (Å²) in [5.74, 6) is 2.42. The molecule has 0 radical (unpaired) electrons. The number of hydrogen-bond acceptors (Lipinski definition) is 7. The van der Waals surface area contributed by atoms with Crippen LogP contribution in [-0.2, 0) is 9.53 Å². The van der Waals surface area contributed by atoms with Crippen LogP contribution < -0.4 is 9.47 Å². The van der Waals surface area contributed by atoms with E-state index in [-0.39, 0.29) is 11.2 Å². The number of aromatic nitrogens is 2. The molecule has 7 heteroatoms. The molecule has 0 aromatic carbocycles. The summed E-state index contributed by atoms with van der Waals surface area (Å²) in [6.45, 7) is 5.65. The van der Waals surface area contributed by atoms with Gasteiger partial charge in [0, 0.05) is 0 Å². The summed E-state index contributed by atoms with van der Waals surface area (Å²) < 4.78 is 17.4. The van der Waals surface area contributed by atoms with E-state index < -0.39 is 0 Å². The van der Waals surface area contributed by atoms with Crippen molar-refractivity contribution in [3.05, 3.63) is 6.07 Å². The molecule has 2 fully saturated rings. The molecule has 1 unspecified atom stereocenters. The van der Waals surface area contributed by atoms with E-state index in [1.165, 1.54) is 63.1 Å². The summed E-state index contributed by atoms with van der Waals surface area (Å²) in [4.78, 5) is 21.7. The fourth-order valence-electron chi connectivity index (χ4n) is 4.82. The van der Waals surface area contributed by atoms with Gasteiger partial charge in [-0.1, -0.05) is 82.9 Å². The Labute approximate surface area is 204 Å². The first-order chi connectivity index (χ1) is 16.2. The number of unbranched alkanes of at least 4 members (excludes halogenated alkanes) is 1. The number of carbonyl (C=O) groups excluding carboxylic acids is 1. The van der Waals surface area contributed by atoms with Crippen molar-refractivity contribution in [2.45, 2.75) is 108 Å². The Hall–Kier alpha value is -1.50. The molecule has 2 saturated carbocycles. The molecule has 1 aromatic rings. The van der Waals surface area contributed by atoms with Crippen LogP contribution in [0.1, 0.15) is 97.3 Å². The van der Waals surface area contributed by atoms with Crippen LogP contribution in [0.3, 0.4) is 0 Å². The number of ether oxygens (including phenoxy) is 3. The Bertz CT molecular complexity index is 665. The number of rotatable bonds is 15. The Kier molecular flexibility index (Phi) is 11.6. The molecule has 0 aliphatic heterocycles. The van der Waals surface area contributed by atoms with Crippen LogP contribution in [0.25, 0.3) is 0 Å². The molecule has 3 rings (SSSR count). The summed E-state index contributed by atoms with van der Waals surface area (Å²) in [6, 6.07) is 1.80. The highest BCUT2D eigenvalue weighted by Gasteiger charge is 2.23. The molecular weight excluding hydrogens is 436 g/mol. The fourth-order valence-corrected chi connectivity index (χ4v) is 5.81. The van der Waals surface area contributed by atoms with Gasteiger partial charge < -0.3 is 14.2 Å². The highest BCUT2D eigenvalue weighted by molar-refractivity contribution is 8.00. The van der Waals surface area contributed by atoms with Gasteiger partial charge in [0.25, 0.3) is 0 Å². The molecule has 0 spiro atoms. The van der Waals surface area contributed by atoms with Gasteiger partial charge in [0.15, 0.2) is 5.16 Å².